The fourth-order valence-corrected chi connectivity index (χ4v) is 4.01. The van der Waals surface area contributed by atoms with Crippen molar-refractivity contribution in [3.63, 3.8) is 0 Å². The van der Waals surface area contributed by atoms with Crippen LogP contribution in [-0.2, 0) is 11.2 Å². The Morgan fingerprint density at radius 2 is 2.10 bits per heavy atom. The van der Waals surface area contributed by atoms with E-state index in [-0.39, 0.29) is 5.60 Å². The van der Waals surface area contributed by atoms with Gasteiger partial charge in [-0.3, -0.25) is 0 Å². The summed E-state index contributed by atoms with van der Waals surface area (Å²) in [5.41, 5.74) is 9.59. The molecule has 2 N–H and O–H groups in total. The molecule has 20 heavy (non-hydrogen) atoms. The summed E-state index contributed by atoms with van der Waals surface area (Å²) >= 11 is 0. The summed E-state index contributed by atoms with van der Waals surface area (Å²) in [7, 11) is 1.79. The van der Waals surface area contributed by atoms with Gasteiger partial charge < -0.3 is 10.5 Å². The maximum atomic E-state index is 6.50. The molecule has 4 atom stereocenters. The number of hydrogen-bond acceptors (Lipinski definition) is 2. The summed E-state index contributed by atoms with van der Waals surface area (Å²) < 4.78 is 5.51. The molecular formula is C18H27NO. The van der Waals surface area contributed by atoms with Gasteiger partial charge in [0.15, 0.2) is 0 Å². The molecule has 3 rings (SSSR count). The van der Waals surface area contributed by atoms with Crippen LogP contribution < -0.4 is 5.73 Å². The van der Waals surface area contributed by atoms with Gasteiger partial charge in [-0.1, -0.05) is 24.3 Å². The van der Waals surface area contributed by atoms with Crippen molar-refractivity contribution < 1.29 is 4.74 Å². The van der Waals surface area contributed by atoms with Crippen LogP contribution in [0.5, 0.6) is 0 Å². The summed E-state index contributed by atoms with van der Waals surface area (Å²) in [6.07, 6.45) is 4.68. The molecule has 1 aromatic carbocycles. The van der Waals surface area contributed by atoms with Gasteiger partial charge in [-0.25, -0.2) is 0 Å². The smallest absolute Gasteiger partial charge is 0.0623 e. The van der Waals surface area contributed by atoms with Crippen LogP contribution in [0.15, 0.2) is 24.3 Å². The average molecular weight is 273 g/mol. The Morgan fingerprint density at radius 3 is 2.85 bits per heavy atom. The van der Waals surface area contributed by atoms with Crippen molar-refractivity contribution >= 4 is 0 Å². The Hall–Kier alpha value is -0.860. The lowest BCUT2D eigenvalue weighted by atomic mass is 9.92. The van der Waals surface area contributed by atoms with Crippen LogP contribution >= 0.6 is 0 Å². The van der Waals surface area contributed by atoms with Gasteiger partial charge in [-0.05, 0) is 68.4 Å². The average Bonchev–Trinajstić information content (AvgIpc) is 3.20. The lowest BCUT2D eigenvalue weighted by molar-refractivity contribution is 0.0119. The first kappa shape index (κ1) is 14.1. The van der Waals surface area contributed by atoms with Crippen LogP contribution in [0.2, 0.25) is 0 Å². The Balaban J connectivity index is 1.64. The van der Waals surface area contributed by atoms with Gasteiger partial charge in [0.25, 0.3) is 0 Å². The molecule has 0 heterocycles. The van der Waals surface area contributed by atoms with E-state index < -0.39 is 0 Å². The third-order valence-corrected chi connectivity index (χ3v) is 5.52. The zero-order valence-electron chi connectivity index (χ0n) is 12.9. The lowest BCUT2D eigenvalue weighted by Crippen LogP contribution is -2.30. The third kappa shape index (κ3) is 2.51. The fraction of sp³-hybridized carbons (Fsp3) is 0.667. The highest BCUT2D eigenvalue weighted by Gasteiger charge is 2.55. The molecule has 4 unspecified atom stereocenters. The summed E-state index contributed by atoms with van der Waals surface area (Å²) in [5, 5.41) is 0. The van der Waals surface area contributed by atoms with Crippen molar-refractivity contribution in [3.8, 4) is 0 Å². The van der Waals surface area contributed by atoms with Crippen molar-refractivity contribution in [2.24, 2.45) is 17.6 Å². The highest BCUT2D eigenvalue weighted by Crippen LogP contribution is 2.61. The standard InChI is InChI=1S/C18H27NO/c1-18(2,20-3)11-10-15(19)17-14-9-8-12-6-4-5-7-13(12)16(14)17/h4-7,14-17H,8-11,19H2,1-3H3. The first-order valence-corrected chi connectivity index (χ1v) is 7.92. The Labute approximate surface area is 122 Å². The molecule has 0 radical (unpaired) electrons. The number of aryl methyl sites for hydroxylation is 1. The Kier molecular flexibility index (Phi) is 3.64. The van der Waals surface area contributed by atoms with Crippen LogP contribution in [0, 0.1) is 11.8 Å². The second-order valence-corrected chi connectivity index (χ2v) is 7.17. The van der Waals surface area contributed by atoms with E-state index in [1.54, 1.807) is 18.2 Å². The monoisotopic (exact) mass is 273 g/mol. The van der Waals surface area contributed by atoms with E-state index in [2.05, 4.69) is 38.1 Å². The molecule has 0 bridgehead atoms. The molecule has 0 amide bonds. The predicted octanol–water partition coefficient (Wildman–Crippen LogP) is 3.49. The maximum Gasteiger partial charge on any atom is 0.0623 e. The number of ether oxygens (including phenoxy) is 1. The zero-order chi connectivity index (χ0) is 14.3. The Morgan fingerprint density at radius 1 is 1.35 bits per heavy atom. The summed E-state index contributed by atoms with van der Waals surface area (Å²) in [5.74, 6) is 2.28. The van der Waals surface area contributed by atoms with Crippen molar-refractivity contribution in [1.29, 1.82) is 0 Å². The van der Waals surface area contributed by atoms with E-state index in [0.29, 0.717) is 12.0 Å². The molecule has 1 saturated carbocycles. The number of benzene rings is 1. The number of nitrogens with two attached hydrogens (primary N) is 1. The predicted molar refractivity (Wildman–Crippen MR) is 82.8 cm³/mol. The topological polar surface area (TPSA) is 35.2 Å². The zero-order valence-corrected chi connectivity index (χ0v) is 12.9. The fourth-order valence-electron chi connectivity index (χ4n) is 4.01. The van der Waals surface area contributed by atoms with Gasteiger partial charge >= 0.3 is 0 Å². The molecule has 2 aliphatic rings. The highest BCUT2D eigenvalue weighted by atomic mass is 16.5. The van der Waals surface area contributed by atoms with Crippen LogP contribution in [0.1, 0.15) is 50.2 Å². The second kappa shape index (κ2) is 5.16. The van der Waals surface area contributed by atoms with Crippen LogP contribution in [-0.4, -0.2) is 18.8 Å². The van der Waals surface area contributed by atoms with Gasteiger partial charge in [0.2, 0.25) is 0 Å². The number of hydrogen-bond donors (Lipinski definition) is 1. The van der Waals surface area contributed by atoms with Gasteiger partial charge in [0.1, 0.15) is 0 Å². The van der Waals surface area contributed by atoms with Crippen molar-refractivity contribution in [2.75, 3.05) is 7.11 Å². The van der Waals surface area contributed by atoms with E-state index in [1.807, 2.05) is 0 Å². The van der Waals surface area contributed by atoms with Gasteiger partial charge in [-0.15, -0.1) is 0 Å². The number of fused-ring (bicyclic) bond motifs is 3. The minimum absolute atomic E-state index is 0.0460. The maximum absolute atomic E-state index is 6.50. The van der Waals surface area contributed by atoms with E-state index in [4.69, 9.17) is 10.5 Å². The first-order chi connectivity index (χ1) is 9.53. The first-order valence-electron chi connectivity index (χ1n) is 7.92. The van der Waals surface area contributed by atoms with Crippen molar-refractivity contribution in [3.05, 3.63) is 35.4 Å². The second-order valence-electron chi connectivity index (χ2n) is 7.17. The van der Waals surface area contributed by atoms with Gasteiger partial charge in [0.05, 0.1) is 5.60 Å². The molecular weight excluding hydrogens is 246 g/mol. The van der Waals surface area contributed by atoms with Crippen molar-refractivity contribution in [2.45, 2.75) is 57.1 Å². The van der Waals surface area contributed by atoms with E-state index in [9.17, 15) is 0 Å². The largest absolute Gasteiger partial charge is 0.379 e. The molecule has 0 aromatic heterocycles. The lowest BCUT2D eigenvalue weighted by Gasteiger charge is -2.24. The molecule has 2 heteroatoms. The summed E-state index contributed by atoms with van der Waals surface area (Å²) in [6, 6.07) is 9.28. The SMILES string of the molecule is COC(C)(C)CCC(N)C1C2CCc3ccccc3C21. The minimum Gasteiger partial charge on any atom is -0.379 e. The Bertz CT molecular complexity index is 482. The van der Waals surface area contributed by atoms with E-state index >= 15 is 0 Å². The molecule has 2 aliphatic carbocycles. The summed E-state index contributed by atoms with van der Waals surface area (Å²) in [6.45, 7) is 4.30. The molecule has 110 valence electrons. The van der Waals surface area contributed by atoms with Crippen molar-refractivity contribution in [1.82, 2.24) is 0 Å². The quantitative estimate of drug-likeness (QED) is 0.891. The van der Waals surface area contributed by atoms with Crippen LogP contribution in [0.3, 0.4) is 0 Å². The number of methoxy groups -OCH3 is 1. The normalized spacial score (nSPS) is 29.5. The highest BCUT2D eigenvalue weighted by molar-refractivity contribution is 5.39. The molecule has 1 aromatic rings. The number of rotatable bonds is 5. The third-order valence-electron chi connectivity index (χ3n) is 5.52. The molecule has 0 saturated heterocycles. The molecule has 1 fully saturated rings. The van der Waals surface area contributed by atoms with Gasteiger partial charge in [0, 0.05) is 13.2 Å². The van der Waals surface area contributed by atoms with E-state index in [0.717, 1.165) is 24.7 Å². The molecule has 2 nitrogen and oxygen atoms in total. The summed E-state index contributed by atoms with van der Waals surface area (Å²) in [4.78, 5) is 0. The van der Waals surface area contributed by atoms with E-state index in [1.165, 1.54) is 12.8 Å². The van der Waals surface area contributed by atoms with Crippen LogP contribution in [0.25, 0.3) is 0 Å². The van der Waals surface area contributed by atoms with Crippen LogP contribution in [0.4, 0.5) is 0 Å². The minimum atomic E-state index is -0.0460. The molecule has 0 aliphatic heterocycles. The molecule has 0 spiro atoms. The van der Waals surface area contributed by atoms with Gasteiger partial charge in [-0.2, -0.15) is 0 Å².